The van der Waals surface area contributed by atoms with Gasteiger partial charge in [-0.15, -0.1) is 0 Å². The lowest BCUT2D eigenvalue weighted by Gasteiger charge is -2.11. The van der Waals surface area contributed by atoms with Gasteiger partial charge >= 0.3 is 0 Å². The summed E-state index contributed by atoms with van der Waals surface area (Å²) in [4.78, 5) is 4.45. The van der Waals surface area contributed by atoms with Gasteiger partial charge in [0.25, 0.3) is 0 Å². The van der Waals surface area contributed by atoms with Crippen molar-refractivity contribution in [2.75, 3.05) is 6.54 Å². The molecule has 1 aromatic carbocycles. The van der Waals surface area contributed by atoms with E-state index in [9.17, 15) is 4.39 Å². The van der Waals surface area contributed by atoms with Gasteiger partial charge in [-0.1, -0.05) is 13.0 Å². The first-order valence-corrected chi connectivity index (χ1v) is 6.08. The second-order valence-electron chi connectivity index (χ2n) is 4.82. The Balaban J connectivity index is 2.26. The molecule has 1 aromatic heterocycles. The molecule has 1 fully saturated rings. The van der Waals surface area contributed by atoms with E-state index < -0.39 is 0 Å². The number of hydrogen-bond acceptors (Lipinski definition) is 2. The van der Waals surface area contributed by atoms with Crippen molar-refractivity contribution in [2.45, 2.75) is 31.7 Å². The summed E-state index contributed by atoms with van der Waals surface area (Å²) in [6.07, 6.45) is 2.32. The Morgan fingerprint density at radius 2 is 2.29 bits per heavy atom. The summed E-state index contributed by atoms with van der Waals surface area (Å²) in [6, 6.07) is 5.64. The Morgan fingerprint density at radius 1 is 1.53 bits per heavy atom. The minimum atomic E-state index is -0.243. The Morgan fingerprint density at radius 3 is 2.94 bits per heavy atom. The molecule has 1 aliphatic carbocycles. The lowest BCUT2D eigenvalue weighted by molar-refractivity contribution is 0.626. The minimum Gasteiger partial charge on any atom is -0.330 e. The molecule has 1 atom stereocenters. The maximum atomic E-state index is 13.7. The molecule has 1 aliphatic rings. The fourth-order valence-corrected chi connectivity index (χ4v) is 2.27. The van der Waals surface area contributed by atoms with Gasteiger partial charge in [-0.2, -0.15) is 0 Å². The molecule has 1 saturated carbocycles. The van der Waals surface area contributed by atoms with Crippen LogP contribution in [0.3, 0.4) is 0 Å². The maximum Gasteiger partial charge on any atom is 0.151 e. The highest BCUT2D eigenvalue weighted by Gasteiger charge is 2.30. The van der Waals surface area contributed by atoms with E-state index in [0.717, 1.165) is 24.2 Å². The lowest BCUT2D eigenvalue weighted by atomic mass is 10.1. The normalized spacial score (nSPS) is 17.6. The van der Waals surface area contributed by atoms with E-state index in [0.29, 0.717) is 18.1 Å². The van der Waals surface area contributed by atoms with E-state index in [2.05, 4.69) is 9.55 Å². The summed E-state index contributed by atoms with van der Waals surface area (Å²) in [5, 5.41) is 0. The van der Waals surface area contributed by atoms with Crippen molar-refractivity contribution >= 4 is 11.0 Å². The number of para-hydroxylation sites is 1. The zero-order valence-electron chi connectivity index (χ0n) is 9.86. The first-order valence-electron chi connectivity index (χ1n) is 6.08. The molecule has 0 bridgehead atoms. The monoisotopic (exact) mass is 233 g/mol. The lowest BCUT2D eigenvalue weighted by Crippen LogP contribution is -2.14. The summed E-state index contributed by atoms with van der Waals surface area (Å²) < 4.78 is 15.9. The second kappa shape index (κ2) is 3.81. The van der Waals surface area contributed by atoms with E-state index in [1.165, 1.54) is 6.07 Å². The van der Waals surface area contributed by atoms with Crippen molar-refractivity contribution in [1.82, 2.24) is 9.55 Å². The number of nitrogens with two attached hydrogens (primary N) is 1. The van der Waals surface area contributed by atoms with E-state index in [-0.39, 0.29) is 11.7 Å². The largest absolute Gasteiger partial charge is 0.330 e. The number of fused-ring (bicyclic) bond motifs is 1. The topological polar surface area (TPSA) is 43.8 Å². The number of aromatic nitrogens is 2. The molecule has 17 heavy (non-hydrogen) atoms. The van der Waals surface area contributed by atoms with Gasteiger partial charge in [0.1, 0.15) is 11.3 Å². The van der Waals surface area contributed by atoms with Crippen LogP contribution >= 0.6 is 0 Å². The molecular weight excluding hydrogens is 217 g/mol. The van der Waals surface area contributed by atoms with Crippen LogP contribution in [0, 0.1) is 5.82 Å². The molecule has 3 rings (SSSR count). The smallest absolute Gasteiger partial charge is 0.151 e. The van der Waals surface area contributed by atoms with Gasteiger partial charge in [0.15, 0.2) is 5.82 Å². The zero-order chi connectivity index (χ0) is 12.0. The first kappa shape index (κ1) is 10.7. The van der Waals surface area contributed by atoms with Gasteiger partial charge in [-0.05, 0) is 25.0 Å². The standard InChI is InChI=1S/C13H16FN3/c1-8(7-15)13-16-12-10(14)3-2-4-11(12)17(13)9-5-6-9/h2-4,8-9H,5-7,15H2,1H3. The third-order valence-corrected chi connectivity index (χ3v) is 3.40. The Labute approximate surface area is 99.4 Å². The molecule has 0 radical (unpaired) electrons. The third-order valence-electron chi connectivity index (χ3n) is 3.40. The van der Waals surface area contributed by atoms with Gasteiger partial charge in [-0.25, -0.2) is 9.37 Å². The molecule has 1 heterocycles. The number of halogens is 1. The van der Waals surface area contributed by atoms with Crippen molar-refractivity contribution in [3.8, 4) is 0 Å². The van der Waals surface area contributed by atoms with Crippen molar-refractivity contribution in [2.24, 2.45) is 5.73 Å². The van der Waals surface area contributed by atoms with Crippen LogP contribution in [0.2, 0.25) is 0 Å². The van der Waals surface area contributed by atoms with E-state index in [4.69, 9.17) is 5.73 Å². The fourth-order valence-electron chi connectivity index (χ4n) is 2.27. The molecule has 3 nitrogen and oxygen atoms in total. The molecule has 4 heteroatoms. The van der Waals surface area contributed by atoms with Crippen molar-refractivity contribution in [3.63, 3.8) is 0 Å². The molecular formula is C13H16FN3. The van der Waals surface area contributed by atoms with Crippen LogP contribution in [0.5, 0.6) is 0 Å². The summed E-state index contributed by atoms with van der Waals surface area (Å²) >= 11 is 0. The van der Waals surface area contributed by atoms with Crippen LogP contribution in [0.25, 0.3) is 11.0 Å². The molecule has 0 amide bonds. The molecule has 0 spiro atoms. The fraction of sp³-hybridized carbons (Fsp3) is 0.462. The quantitative estimate of drug-likeness (QED) is 0.885. The highest BCUT2D eigenvalue weighted by molar-refractivity contribution is 5.77. The number of hydrogen-bond donors (Lipinski definition) is 1. The predicted octanol–water partition coefficient (Wildman–Crippen LogP) is 2.57. The van der Waals surface area contributed by atoms with Gasteiger partial charge in [-0.3, -0.25) is 0 Å². The van der Waals surface area contributed by atoms with Crippen LogP contribution < -0.4 is 5.73 Å². The number of nitrogens with zero attached hydrogens (tertiary/aromatic N) is 2. The summed E-state index contributed by atoms with van der Waals surface area (Å²) in [7, 11) is 0. The Kier molecular flexibility index (Phi) is 2.40. The van der Waals surface area contributed by atoms with Crippen molar-refractivity contribution in [3.05, 3.63) is 29.8 Å². The number of rotatable bonds is 3. The van der Waals surface area contributed by atoms with Gasteiger partial charge < -0.3 is 10.3 Å². The Bertz CT molecular complexity index is 557. The zero-order valence-corrected chi connectivity index (χ0v) is 9.86. The maximum absolute atomic E-state index is 13.7. The summed E-state index contributed by atoms with van der Waals surface area (Å²) in [5.41, 5.74) is 7.09. The highest BCUT2D eigenvalue weighted by Crippen LogP contribution is 2.40. The summed E-state index contributed by atoms with van der Waals surface area (Å²) in [5.74, 6) is 0.852. The third kappa shape index (κ3) is 1.63. The minimum absolute atomic E-state index is 0.169. The first-order chi connectivity index (χ1) is 8.22. The average molecular weight is 233 g/mol. The van der Waals surface area contributed by atoms with E-state index in [1.807, 2.05) is 13.0 Å². The van der Waals surface area contributed by atoms with Crippen molar-refractivity contribution in [1.29, 1.82) is 0 Å². The van der Waals surface area contributed by atoms with Crippen LogP contribution in [-0.2, 0) is 0 Å². The molecule has 0 saturated heterocycles. The molecule has 2 aromatic rings. The Hall–Kier alpha value is -1.42. The van der Waals surface area contributed by atoms with Gasteiger partial charge in [0.2, 0.25) is 0 Å². The number of benzene rings is 1. The van der Waals surface area contributed by atoms with Crippen LogP contribution in [0.15, 0.2) is 18.2 Å². The average Bonchev–Trinajstić information content (AvgIpc) is 3.09. The van der Waals surface area contributed by atoms with E-state index in [1.54, 1.807) is 6.07 Å². The SMILES string of the molecule is CC(CN)c1nc2c(F)cccc2n1C1CC1. The van der Waals surface area contributed by atoms with Crippen LogP contribution in [0.1, 0.15) is 37.5 Å². The molecule has 1 unspecified atom stereocenters. The van der Waals surface area contributed by atoms with Gasteiger partial charge in [0, 0.05) is 18.5 Å². The molecule has 0 aliphatic heterocycles. The van der Waals surface area contributed by atoms with Crippen LogP contribution in [-0.4, -0.2) is 16.1 Å². The van der Waals surface area contributed by atoms with Gasteiger partial charge in [0.05, 0.1) is 5.52 Å². The van der Waals surface area contributed by atoms with Crippen LogP contribution in [0.4, 0.5) is 4.39 Å². The predicted molar refractivity (Wildman–Crippen MR) is 65.4 cm³/mol. The summed E-state index contributed by atoms with van der Waals surface area (Å²) in [6.45, 7) is 2.58. The second-order valence-corrected chi connectivity index (χ2v) is 4.82. The molecule has 90 valence electrons. The number of imidazole rings is 1. The highest BCUT2D eigenvalue weighted by atomic mass is 19.1. The van der Waals surface area contributed by atoms with Crippen molar-refractivity contribution < 1.29 is 4.39 Å². The van der Waals surface area contributed by atoms with E-state index >= 15 is 0 Å². The molecule has 2 N–H and O–H groups in total.